The molecule has 0 aliphatic heterocycles. The first kappa shape index (κ1) is 13.3. The van der Waals surface area contributed by atoms with Crippen LogP contribution in [0.15, 0.2) is 34.9 Å². The Hall–Kier alpha value is -1.13. The molecular weight excluding hydrogens is 290 g/mol. The van der Waals surface area contributed by atoms with Crippen LogP contribution in [-0.4, -0.2) is 23.6 Å². The number of H-pyrrole nitrogens is 1. The molecule has 3 nitrogen and oxygen atoms in total. The van der Waals surface area contributed by atoms with Gasteiger partial charge in [0.2, 0.25) is 0 Å². The van der Waals surface area contributed by atoms with E-state index in [1.54, 1.807) is 0 Å². The smallest absolute Gasteiger partial charge is 0.110 e. The first-order chi connectivity index (χ1) is 8.74. The maximum Gasteiger partial charge on any atom is 0.110 e. The van der Waals surface area contributed by atoms with E-state index in [2.05, 4.69) is 50.3 Å². The minimum Gasteiger partial charge on any atom is -0.342 e. The zero-order valence-electron chi connectivity index (χ0n) is 10.7. The molecule has 1 heterocycles. The summed E-state index contributed by atoms with van der Waals surface area (Å²) in [5, 5.41) is 3.21. The van der Waals surface area contributed by atoms with Crippen molar-refractivity contribution in [2.24, 2.45) is 0 Å². The summed E-state index contributed by atoms with van der Waals surface area (Å²) in [6, 6.07) is 8.23. The average molecular weight is 308 g/mol. The van der Waals surface area contributed by atoms with Crippen LogP contribution >= 0.6 is 15.9 Å². The molecule has 2 aromatic rings. The molecule has 0 spiro atoms. The maximum atomic E-state index is 4.50. The van der Waals surface area contributed by atoms with Gasteiger partial charge < -0.3 is 10.3 Å². The average Bonchev–Trinajstić information content (AvgIpc) is 2.85. The van der Waals surface area contributed by atoms with Crippen LogP contribution in [0.25, 0.3) is 11.3 Å². The third kappa shape index (κ3) is 3.00. The molecule has 0 aliphatic rings. The molecule has 0 saturated carbocycles. The molecule has 1 aromatic heterocycles. The van der Waals surface area contributed by atoms with Crippen LogP contribution in [0, 0.1) is 0 Å². The van der Waals surface area contributed by atoms with Gasteiger partial charge in [0, 0.05) is 22.5 Å². The van der Waals surface area contributed by atoms with Crippen molar-refractivity contribution < 1.29 is 0 Å². The fourth-order valence-corrected chi connectivity index (χ4v) is 2.43. The zero-order chi connectivity index (χ0) is 13.0. The lowest BCUT2D eigenvalue weighted by Gasteiger charge is -2.10. The van der Waals surface area contributed by atoms with Gasteiger partial charge in [-0.15, -0.1) is 0 Å². The summed E-state index contributed by atoms with van der Waals surface area (Å²) in [4.78, 5) is 7.92. The molecule has 0 amide bonds. The van der Waals surface area contributed by atoms with Gasteiger partial charge >= 0.3 is 0 Å². The van der Waals surface area contributed by atoms with Crippen LogP contribution in [0.2, 0.25) is 0 Å². The van der Waals surface area contributed by atoms with E-state index >= 15 is 0 Å². The predicted octanol–water partition coefficient (Wildman–Crippen LogP) is 3.55. The molecule has 0 radical (unpaired) electrons. The van der Waals surface area contributed by atoms with Gasteiger partial charge in [-0.2, -0.15) is 0 Å². The molecule has 1 unspecified atom stereocenters. The van der Waals surface area contributed by atoms with Crippen LogP contribution in [-0.2, 0) is 0 Å². The third-order valence-electron chi connectivity index (χ3n) is 3.06. The summed E-state index contributed by atoms with van der Waals surface area (Å²) in [6.07, 6.45) is 2.99. The Kier molecular flexibility index (Phi) is 4.55. The Morgan fingerprint density at radius 3 is 2.94 bits per heavy atom. The number of benzene rings is 1. The standard InChI is InChI=1S/C14H18BrN3/c1-3-10(8-16-2)14-17-9-13(18-14)11-5-4-6-12(15)7-11/h4-7,9-10,16H,3,8H2,1-2H3,(H,17,18). The predicted molar refractivity (Wildman–Crippen MR) is 78.7 cm³/mol. The van der Waals surface area contributed by atoms with E-state index in [1.165, 1.54) is 0 Å². The Morgan fingerprint density at radius 1 is 1.44 bits per heavy atom. The van der Waals surface area contributed by atoms with Gasteiger partial charge in [-0.3, -0.25) is 0 Å². The number of halogens is 1. The first-order valence-corrected chi connectivity index (χ1v) is 6.99. The second-order valence-electron chi connectivity index (χ2n) is 4.36. The van der Waals surface area contributed by atoms with Crippen molar-refractivity contribution in [3.8, 4) is 11.3 Å². The SMILES string of the molecule is CCC(CNC)c1ncc(-c2cccc(Br)c2)[nH]1. The molecule has 0 fully saturated rings. The number of rotatable bonds is 5. The van der Waals surface area contributed by atoms with Crippen LogP contribution in [0.3, 0.4) is 0 Å². The number of aromatic nitrogens is 2. The monoisotopic (exact) mass is 307 g/mol. The van der Waals surface area contributed by atoms with E-state index in [9.17, 15) is 0 Å². The fraction of sp³-hybridized carbons (Fsp3) is 0.357. The highest BCUT2D eigenvalue weighted by atomic mass is 79.9. The van der Waals surface area contributed by atoms with E-state index in [4.69, 9.17) is 0 Å². The van der Waals surface area contributed by atoms with Crippen LogP contribution in [0.1, 0.15) is 25.1 Å². The minimum absolute atomic E-state index is 0.441. The second kappa shape index (κ2) is 6.16. The molecular formula is C14H18BrN3. The van der Waals surface area contributed by atoms with Gasteiger partial charge in [0.1, 0.15) is 5.82 Å². The normalized spacial score (nSPS) is 12.6. The number of imidazole rings is 1. The Bertz CT molecular complexity index is 507. The summed E-state index contributed by atoms with van der Waals surface area (Å²) >= 11 is 3.49. The molecule has 96 valence electrons. The fourth-order valence-electron chi connectivity index (χ4n) is 2.03. The number of nitrogens with one attached hydrogen (secondary N) is 2. The van der Waals surface area contributed by atoms with E-state index in [-0.39, 0.29) is 0 Å². The Labute approximate surface area is 116 Å². The molecule has 2 N–H and O–H groups in total. The number of hydrogen-bond acceptors (Lipinski definition) is 2. The number of nitrogens with zero attached hydrogens (tertiary/aromatic N) is 1. The van der Waals surface area contributed by atoms with Crippen LogP contribution < -0.4 is 5.32 Å². The van der Waals surface area contributed by atoms with Crippen molar-refractivity contribution in [1.29, 1.82) is 0 Å². The highest BCUT2D eigenvalue weighted by molar-refractivity contribution is 9.10. The summed E-state index contributed by atoms with van der Waals surface area (Å²) in [6.45, 7) is 3.13. The molecule has 0 saturated heterocycles. The van der Waals surface area contributed by atoms with Crippen molar-refractivity contribution in [2.45, 2.75) is 19.3 Å². The van der Waals surface area contributed by atoms with E-state index in [1.807, 2.05) is 25.4 Å². The largest absolute Gasteiger partial charge is 0.342 e. The van der Waals surface area contributed by atoms with E-state index in [0.717, 1.165) is 34.5 Å². The highest BCUT2D eigenvalue weighted by Gasteiger charge is 2.12. The number of likely N-dealkylation sites (N-methyl/N-ethyl adjacent to an activating group) is 1. The molecule has 0 aliphatic carbocycles. The topological polar surface area (TPSA) is 40.7 Å². The Balaban J connectivity index is 2.24. The van der Waals surface area contributed by atoms with E-state index in [0.29, 0.717) is 5.92 Å². The molecule has 2 rings (SSSR count). The number of aromatic amines is 1. The summed E-state index contributed by atoms with van der Waals surface area (Å²) in [5.74, 6) is 1.50. The van der Waals surface area contributed by atoms with Gasteiger partial charge in [-0.05, 0) is 25.6 Å². The van der Waals surface area contributed by atoms with Crippen molar-refractivity contribution in [3.63, 3.8) is 0 Å². The molecule has 4 heteroatoms. The van der Waals surface area contributed by atoms with Crippen molar-refractivity contribution in [2.75, 3.05) is 13.6 Å². The lowest BCUT2D eigenvalue weighted by atomic mass is 10.1. The molecule has 1 aromatic carbocycles. The van der Waals surface area contributed by atoms with Gasteiger partial charge in [0.05, 0.1) is 11.9 Å². The Morgan fingerprint density at radius 2 is 2.28 bits per heavy atom. The van der Waals surface area contributed by atoms with E-state index < -0.39 is 0 Å². The van der Waals surface area contributed by atoms with Gasteiger partial charge in [0.25, 0.3) is 0 Å². The summed E-state index contributed by atoms with van der Waals surface area (Å²) in [7, 11) is 1.97. The molecule has 1 atom stereocenters. The first-order valence-electron chi connectivity index (χ1n) is 6.20. The summed E-state index contributed by atoms with van der Waals surface area (Å²) < 4.78 is 1.08. The van der Waals surface area contributed by atoms with Crippen molar-refractivity contribution in [1.82, 2.24) is 15.3 Å². The zero-order valence-corrected chi connectivity index (χ0v) is 12.3. The quantitative estimate of drug-likeness (QED) is 0.887. The van der Waals surface area contributed by atoms with Crippen molar-refractivity contribution >= 4 is 15.9 Å². The summed E-state index contributed by atoms with van der Waals surface area (Å²) in [5.41, 5.74) is 2.23. The lowest BCUT2D eigenvalue weighted by molar-refractivity contribution is 0.586. The third-order valence-corrected chi connectivity index (χ3v) is 3.55. The molecule has 18 heavy (non-hydrogen) atoms. The minimum atomic E-state index is 0.441. The van der Waals surface area contributed by atoms with Gasteiger partial charge in [-0.1, -0.05) is 35.0 Å². The van der Waals surface area contributed by atoms with Gasteiger partial charge in [0.15, 0.2) is 0 Å². The highest BCUT2D eigenvalue weighted by Crippen LogP contribution is 2.23. The number of hydrogen-bond donors (Lipinski definition) is 2. The van der Waals surface area contributed by atoms with Gasteiger partial charge in [-0.25, -0.2) is 4.98 Å². The maximum absolute atomic E-state index is 4.50. The van der Waals surface area contributed by atoms with Crippen LogP contribution in [0.5, 0.6) is 0 Å². The van der Waals surface area contributed by atoms with Crippen molar-refractivity contribution in [3.05, 3.63) is 40.8 Å². The second-order valence-corrected chi connectivity index (χ2v) is 5.27. The van der Waals surface area contributed by atoms with Crippen LogP contribution in [0.4, 0.5) is 0 Å². The lowest BCUT2D eigenvalue weighted by Crippen LogP contribution is -2.17. The molecule has 0 bridgehead atoms.